The summed E-state index contributed by atoms with van der Waals surface area (Å²) >= 11 is 0. The van der Waals surface area contributed by atoms with E-state index in [4.69, 9.17) is 0 Å². The van der Waals surface area contributed by atoms with Crippen LogP contribution < -0.4 is 10.3 Å². The molecule has 6 nitrogen and oxygen atoms in total. The number of nitrogens with one attached hydrogen (secondary N) is 1. The third-order valence-electron chi connectivity index (χ3n) is 3.14. The molecule has 0 aliphatic carbocycles. The number of hydrogen-bond acceptors (Lipinski definition) is 4. The number of imidazole rings is 1. The first-order valence-electron chi connectivity index (χ1n) is 6.57. The summed E-state index contributed by atoms with van der Waals surface area (Å²) in [6, 6.07) is 5.53. The van der Waals surface area contributed by atoms with Gasteiger partial charge in [-0.25, -0.2) is 9.97 Å². The maximum Gasteiger partial charge on any atom is 0.573 e. The smallest absolute Gasteiger partial charge is 0.404 e. The highest BCUT2D eigenvalue weighted by atomic mass is 19.4. The maximum atomic E-state index is 12.6. The number of alkyl halides is 3. The van der Waals surface area contributed by atoms with Crippen LogP contribution in [0.5, 0.6) is 5.75 Å². The molecule has 0 bridgehead atoms. The average Bonchev–Trinajstić information content (AvgIpc) is 2.73. The Morgan fingerprint density at radius 3 is 2.57 bits per heavy atom. The molecule has 0 aliphatic heterocycles. The quantitative estimate of drug-likeness (QED) is 0.786. The Labute approximate surface area is 127 Å². The molecule has 9 heteroatoms. The van der Waals surface area contributed by atoms with Crippen LogP contribution >= 0.6 is 0 Å². The number of nitrogens with zero attached hydrogens (tertiary/aromatic N) is 3. The van der Waals surface area contributed by atoms with Gasteiger partial charge < -0.3 is 9.72 Å². The van der Waals surface area contributed by atoms with Crippen molar-refractivity contribution >= 4 is 11.2 Å². The Morgan fingerprint density at radius 2 is 1.87 bits per heavy atom. The van der Waals surface area contributed by atoms with Gasteiger partial charge in [0, 0.05) is 0 Å². The topological polar surface area (TPSA) is 72.8 Å². The summed E-state index contributed by atoms with van der Waals surface area (Å²) in [5.74, 6) is 0.260. The van der Waals surface area contributed by atoms with Crippen molar-refractivity contribution in [2.45, 2.75) is 20.2 Å². The molecule has 0 amide bonds. The molecule has 2 heterocycles. The second kappa shape index (κ2) is 5.11. The van der Waals surface area contributed by atoms with E-state index in [9.17, 15) is 18.0 Å². The minimum absolute atomic E-state index is 0.0565. The average molecular weight is 324 g/mol. The molecule has 0 radical (unpaired) electrons. The van der Waals surface area contributed by atoms with Crippen molar-refractivity contribution in [2.24, 2.45) is 0 Å². The molecule has 2 aromatic heterocycles. The van der Waals surface area contributed by atoms with E-state index in [1.807, 2.05) is 0 Å². The summed E-state index contributed by atoms with van der Waals surface area (Å²) < 4.78 is 43.1. The van der Waals surface area contributed by atoms with Crippen molar-refractivity contribution in [1.82, 2.24) is 19.5 Å². The molecule has 0 unspecified atom stereocenters. The fraction of sp³-hybridized carbons (Fsp3) is 0.214. The Bertz CT molecular complexity index is 943. The molecule has 0 spiro atoms. The predicted molar refractivity (Wildman–Crippen MR) is 75.6 cm³/mol. The van der Waals surface area contributed by atoms with Gasteiger partial charge in [0.15, 0.2) is 16.9 Å². The van der Waals surface area contributed by atoms with Gasteiger partial charge >= 0.3 is 6.36 Å². The third-order valence-corrected chi connectivity index (χ3v) is 3.14. The lowest BCUT2D eigenvalue weighted by Crippen LogP contribution is -2.19. The second-order valence-corrected chi connectivity index (χ2v) is 4.83. The van der Waals surface area contributed by atoms with Crippen molar-refractivity contribution in [2.75, 3.05) is 0 Å². The van der Waals surface area contributed by atoms with E-state index in [1.54, 1.807) is 19.9 Å². The number of fused-ring (bicyclic) bond motifs is 1. The van der Waals surface area contributed by atoms with Crippen molar-refractivity contribution in [1.29, 1.82) is 0 Å². The number of aryl methyl sites for hydroxylation is 2. The molecular weight excluding hydrogens is 313 g/mol. The molecule has 0 saturated carbocycles. The van der Waals surface area contributed by atoms with Crippen LogP contribution in [0.1, 0.15) is 11.6 Å². The zero-order valence-corrected chi connectivity index (χ0v) is 12.1. The summed E-state index contributed by atoms with van der Waals surface area (Å²) in [6.45, 7) is 3.16. The Hall–Kier alpha value is -2.84. The number of aromatic amines is 1. The molecule has 120 valence electrons. The summed E-state index contributed by atoms with van der Waals surface area (Å²) in [5.41, 5.74) is -0.215. The van der Waals surface area contributed by atoms with E-state index in [1.165, 1.54) is 22.8 Å². The van der Waals surface area contributed by atoms with Crippen LogP contribution in [0.2, 0.25) is 0 Å². The molecule has 0 fully saturated rings. The van der Waals surface area contributed by atoms with Crippen molar-refractivity contribution < 1.29 is 17.9 Å². The summed E-state index contributed by atoms with van der Waals surface area (Å²) in [5, 5.41) is 0. The third kappa shape index (κ3) is 2.77. The number of benzene rings is 1. The molecule has 1 aromatic carbocycles. The highest BCUT2D eigenvalue weighted by Crippen LogP contribution is 2.30. The summed E-state index contributed by atoms with van der Waals surface area (Å²) in [4.78, 5) is 22.9. The molecule has 3 rings (SSSR count). The Morgan fingerprint density at radius 1 is 1.17 bits per heavy atom. The largest absolute Gasteiger partial charge is 0.573 e. The molecule has 0 aliphatic rings. The van der Waals surface area contributed by atoms with Crippen LogP contribution in [0.4, 0.5) is 13.2 Å². The zero-order valence-electron chi connectivity index (χ0n) is 12.1. The van der Waals surface area contributed by atoms with Gasteiger partial charge in [0.25, 0.3) is 5.56 Å². The summed E-state index contributed by atoms with van der Waals surface area (Å²) in [6.07, 6.45) is -4.85. The van der Waals surface area contributed by atoms with E-state index < -0.39 is 17.7 Å². The summed E-state index contributed by atoms with van der Waals surface area (Å²) in [7, 11) is 0. The maximum absolute atomic E-state index is 12.6. The molecule has 23 heavy (non-hydrogen) atoms. The fourth-order valence-electron chi connectivity index (χ4n) is 2.36. The normalized spacial score (nSPS) is 11.9. The SMILES string of the molecule is Cc1nc2nc(C)n(-c3ccccc3OC(F)(F)F)c2c(=O)[nH]1. The van der Waals surface area contributed by atoms with Crippen molar-refractivity contribution in [3.05, 3.63) is 46.3 Å². The first kappa shape index (κ1) is 15.1. The van der Waals surface area contributed by atoms with Crippen LogP contribution in [0.25, 0.3) is 16.9 Å². The highest BCUT2D eigenvalue weighted by molar-refractivity contribution is 5.74. The van der Waals surface area contributed by atoms with Gasteiger partial charge in [-0.1, -0.05) is 12.1 Å². The molecule has 0 atom stereocenters. The lowest BCUT2D eigenvalue weighted by atomic mass is 10.3. The lowest BCUT2D eigenvalue weighted by molar-refractivity contribution is -0.274. The first-order chi connectivity index (χ1) is 10.8. The lowest BCUT2D eigenvalue weighted by Gasteiger charge is -2.14. The number of ether oxygens (including phenoxy) is 1. The van der Waals surface area contributed by atoms with Crippen molar-refractivity contribution in [3.8, 4) is 11.4 Å². The van der Waals surface area contributed by atoms with E-state index >= 15 is 0 Å². The number of para-hydroxylation sites is 2. The van der Waals surface area contributed by atoms with Gasteiger partial charge in [0.1, 0.15) is 11.6 Å². The van der Waals surface area contributed by atoms with Gasteiger partial charge in [0.2, 0.25) is 0 Å². The highest BCUT2D eigenvalue weighted by Gasteiger charge is 2.32. The number of aromatic nitrogens is 4. The Kier molecular flexibility index (Phi) is 3.35. The molecule has 1 N–H and O–H groups in total. The second-order valence-electron chi connectivity index (χ2n) is 4.83. The number of H-pyrrole nitrogens is 1. The standard InChI is InChI=1S/C14H11F3N4O2/c1-7-18-12-11(13(22)19-7)21(8(2)20-12)9-5-3-4-6-10(9)23-14(15,16)17/h3-6H,1-2H3,(H,18,19,22). The van der Waals surface area contributed by atoms with Gasteiger partial charge in [-0.05, 0) is 26.0 Å². The minimum Gasteiger partial charge on any atom is -0.404 e. The van der Waals surface area contributed by atoms with Gasteiger partial charge in [0.05, 0.1) is 5.69 Å². The monoisotopic (exact) mass is 324 g/mol. The van der Waals surface area contributed by atoms with Gasteiger partial charge in [-0.3, -0.25) is 9.36 Å². The number of rotatable bonds is 2. The van der Waals surface area contributed by atoms with E-state index in [0.717, 1.165) is 0 Å². The number of hydrogen-bond donors (Lipinski definition) is 1. The Balaban J connectivity index is 2.30. The fourth-order valence-corrected chi connectivity index (χ4v) is 2.36. The van der Waals surface area contributed by atoms with Crippen molar-refractivity contribution in [3.63, 3.8) is 0 Å². The van der Waals surface area contributed by atoms with Gasteiger partial charge in [-0.2, -0.15) is 0 Å². The minimum atomic E-state index is -4.85. The van der Waals surface area contributed by atoms with Crippen LogP contribution in [-0.2, 0) is 0 Å². The van der Waals surface area contributed by atoms with Crippen LogP contribution in [0, 0.1) is 13.8 Å². The van der Waals surface area contributed by atoms with Crippen LogP contribution in [0.3, 0.4) is 0 Å². The first-order valence-corrected chi connectivity index (χ1v) is 6.57. The van der Waals surface area contributed by atoms with E-state index in [-0.39, 0.29) is 16.9 Å². The van der Waals surface area contributed by atoms with Gasteiger partial charge in [-0.15, -0.1) is 13.2 Å². The van der Waals surface area contributed by atoms with Crippen LogP contribution in [0.15, 0.2) is 29.1 Å². The van der Waals surface area contributed by atoms with E-state index in [0.29, 0.717) is 11.6 Å². The zero-order chi connectivity index (χ0) is 16.8. The molecule has 3 aromatic rings. The van der Waals surface area contributed by atoms with Crippen LogP contribution in [-0.4, -0.2) is 25.9 Å². The number of halogens is 3. The predicted octanol–water partition coefficient (Wildman–Crippen LogP) is 2.62. The van der Waals surface area contributed by atoms with E-state index in [2.05, 4.69) is 19.7 Å². The molecular formula is C14H11F3N4O2. The molecule has 0 saturated heterocycles.